The van der Waals surface area contributed by atoms with Gasteiger partial charge < -0.3 is 29.2 Å². The fraction of sp³-hybridized carbons (Fsp3) is 0.294. The van der Waals surface area contributed by atoms with Crippen molar-refractivity contribution < 1.29 is 29.2 Å². The summed E-state index contributed by atoms with van der Waals surface area (Å²) in [5, 5.41) is 21.3. The first-order valence-corrected chi connectivity index (χ1v) is 13.6. The van der Waals surface area contributed by atoms with Gasteiger partial charge in [0.15, 0.2) is 0 Å². The maximum atomic E-state index is 11.1. The van der Waals surface area contributed by atoms with Gasteiger partial charge in [0.05, 0.1) is 25.9 Å². The molecular weight excluding hydrogens is 504 g/mol. The third kappa shape index (κ3) is 6.54. The van der Waals surface area contributed by atoms with Crippen molar-refractivity contribution in [2.75, 3.05) is 0 Å². The van der Waals surface area contributed by atoms with E-state index < -0.39 is 24.4 Å². The molecule has 1 aliphatic rings. The second-order valence-electron chi connectivity index (χ2n) is 10.2. The normalized spacial score (nSPS) is 22.7. The largest absolute Gasteiger partial charge is 0.508 e. The zero-order valence-electron chi connectivity index (χ0n) is 22.9. The van der Waals surface area contributed by atoms with Crippen molar-refractivity contribution in [1.82, 2.24) is 0 Å². The SMILES string of the molecule is Cc1c(O)ccc([C@H]2O[C@@H](C)[C@@H](OCc3ccccc3)[C@@H](OCc3ccccc3)[C@@H]2OCc2ccccc2)c1O. The van der Waals surface area contributed by atoms with Crippen LogP contribution in [0, 0.1) is 6.92 Å². The molecule has 0 radical (unpaired) electrons. The lowest BCUT2D eigenvalue weighted by molar-refractivity contribution is -0.264. The molecule has 1 fully saturated rings. The lowest BCUT2D eigenvalue weighted by Gasteiger charge is -2.45. The highest BCUT2D eigenvalue weighted by atomic mass is 16.6. The first-order chi connectivity index (χ1) is 19.5. The summed E-state index contributed by atoms with van der Waals surface area (Å²) in [6, 6.07) is 33.2. The number of aromatic hydroxyl groups is 2. The van der Waals surface area contributed by atoms with Gasteiger partial charge in [-0.2, -0.15) is 0 Å². The summed E-state index contributed by atoms with van der Waals surface area (Å²) in [4.78, 5) is 0. The molecule has 2 N–H and O–H groups in total. The molecule has 4 aromatic rings. The van der Waals surface area contributed by atoms with E-state index in [0.717, 1.165) is 16.7 Å². The Kier molecular flexibility index (Phi) is 9.14. The molecule has 0 unspecified atom stereocenters. The fourth-order valence-electron chi connectivity index (χ4n) is 5.11. The summed E-state index contributed by atoms with van der Waals surface area (Å²) < 4.78 is 26.3. The number of rotatable bonds is 10. The van der Waals surface area contributed by atoms with E-state index in [9.17, 15) is 10.2 Å². The Balaban J connectivity index is 1.49. The van der Waals surface area contributed by atoms with Crippen molar-refractivity contribution in [2.45, 2.75) is 64.2 Å². The fourth-order valence-corrected chi connectivity index (χ4v) is 5.11. The molecule has 1 aliphatic heterocycles. The lowest BCUT2D eigenvalue weighted by atomic mass is 9.89. The first-order valence-electron chi connectivity index (χ1n) is 13.6. The molecule has 0 amide bonds. The van der Waals surface area contributed by atoms with Gasteiger partial charge >= 0.3 is 0 Å². The predicted octanol–water partition coefficient (Wildman–Crippen LogP) is 6.62. The van der Waals surface area contributed by atoms with Crippen LogP contribution in [0.4, 0.5) is 0 Å². The third-order valence-corrected chi connectivity index (χ3v) is 7.37. The second-order valence-corrected chi connectivity index (χ2v) is 10.2. The smallest absolute Gasteiger partial charge is 0.128 e. The van der Waals surface area contributed by atoms with Crippen molar-refractivity contribution in [3.05, 3.63) is 131 Å². The first kappa shape index (κ1) is 27.9. The number of benzene rings is 4. The van der Waals surface area contributed by atoms with Gasteiger partial charge in [0.2, 0.25) is 0 Å². The maximum absolute atomic E-state index is 11.1. The van der Waals surface area contributed by atoms with Crippen LogP contribution in [0.5, 0.6) is 11.5 Å². The van der Waals surface area contributed by atoms with Gasteiger partial charge in [0.1, 0.15) is 35.9 Å². The Bertz CT molecular complexity index is 1350. The molecule has 1 saturated heterocycles. The highest BCUT2D eigenvalue weighted by molar-refractivity contribution is 5.49. The molecule has 0 bridgehead atoms. The summed E-state index contributed by atoms with van der Waals surface area (Å²) in [7, 11) is 0. The zero-order chi connectivity index (χ0) is 27.9. The molecule has 0 saturated carbocycles. The average Bonchev–Trinajstić information content (AvgIpc) is 2.99. The molecule has 5 atom stereocenters. The Labute approximate surface area is 235 Å². The predicted molar refractivity (Wildman–Crippen MR) is 153 cm³/mol. The van der Waals surface area contributed by atoms with Crippen LogP contribution in [0.2, 0.25) is 0 Å². The second kappa shape index (κ2) is 13.1. The molecule has 5 rings (SSSR count). The Morgan fingerprint density at radius 2 is 1.05 bits per heavy atom. The molecule has 208 valence electrons. The van der Waals surface area contributed by atoms with Gasteiger partial charge in [0.25, 0.3) is 0 Å². The number of phenols is 2. The molecule has 6 heteroatoms. The van der Waals surface area contributed by atoms with E-state index in [0.29, 0.717) is 30.9 Å². The van der Waals surface area contributed by atoms with E-state index in [4.69, 9.17) is 18.9 Å². The van der Waals surface area contributed by atoms with Crippen LogP contribution in [0.15, 0.2) is 103 Å². The number of phenolic OH excluding ortho intramolecular Hbond substituents is 2. The van der Waals surface area contributed by atoms with Gasteiger partial charge in [-0.3, -0.25) is 0 Å². The molecule has 0 aromatic heterocycles. The van der Waals surface area contributed by atoms with E-state index in [1.165, 1.54) is 0 Å². The average molecular weight is 541 g/mol. The van der Waals surface area contributed by atoms with Crippen LogP contribution in [-0.2, 0) is 38.8 Å². The zero-order valence-corrected chi connectivity index (χ0v) is 22.9. The van der Waals surface area contributed by atoms with Gasteiger partial charge in [-0.1, -0.05) is 91.0 Å². The molecular formula is C34H36O6. The van der Waals surface area contributed by atoms with Gasteiger partial charge in [-0.25, -0.2) is 0 Å². The quantitative estimate of drug-likeness (QED) is 0.235. The maximum Gasteiger partial charge on any atom is 0.128 e. The van der Waals surface area contributed by atoms with E-state index in [1.54, 1.807) is 19.1 Å². The van der Waals surface area contributed by atoms with Crippen LogP contribution >= 0.6 is 0 Å². The molecule has 6 nitrogen and oxygen atoms in total. The summed E-state index contributed by atoms with van der Waals surface area (Å²) in [6.07, 6.45) is -2.61. The Hall–Kier alpha value is -3.68. The Morgan fingerprint density at radius 1 is 0.600 bits per heavy atom. The van der Waals surface area contributed by atoms with Crippen molar-refractivity contribution in [3.63, 3.8) is 0 Å². The van der Waals surface area contributed by atoms with Crippen LogP contribution in [0.3, 0.4) is 0 Å². The summed E-state index contributed by atoms with van der Waals surface area (Å²) in [5.74, 6) is 0.00350. The molecule has 4 aromatic carbocycles. The van der Waals surface area contributed by atoms with Crippen LogP contribution < -0.4 is 0 Å². The topological polar surface area (TPSA) is 77.4 Å². The molecule has 40 heavy (non-hydrogen) atoms. The minimum absolute atomic E-state index is 0.0176. The van der Waals surface area contributed by atoms with Crippen LogP contribution in [-0.4, -0.2) is 34.6 Å². The van der Waals surface area contributed by atoms with Crippen molar-refractivity contribution in [2.24, 2.45) is 0 Å². The van der Waals surface area contributed by atoms with E-state index in [2.05, 4.69) is 0 Å². The number of hydrogen-bond acceptors (Lipinski definition) is 6. The highest BCUT2D eigenvalue weighted by Crippen LogP contribution is 2.43. The molecule has 0 aliphatic carbocycles. The lowest BCUT2D eigenvalue weighted by Crippen LogP contribution is -2.56. The van der Waals surface area contributed by atoms with Gasteiger partial charge in [-0.15, -0.1) is 0 Å². The summed E-state index contributed by atoms with van der Waals surface area (Å²) in [5.41, 5.74) is 4.02. The van der Waals surface area contributed by atoms with Crippen molar-refractivity contribution >= 4 is 0 Å². The molecule has 0 spiro atoms. The highest BCUT2D eigenvalue weighted by Gasteiger charge is 2.48. The number of ether oxygens (including phenoxy) is 4. The standard InChI is InChI=1S/C34H36O6/c1-23-29(35)19-18-28(30(23)36)32-34(39-22-27-16-10-5-11-17-27)33(38-21-26-14-8-4-9-15-26)31(24(2)40-32)37-20-25-12-6-3-7-13-25/h3-19,24,31-36H,20-22H2,1-2H3/t24-,31+,32+,33+,34+/m0/s1. The monoisotopic (exact) mass is 540 g/mol. The summed E-state index contributed by atoms with van der Waals surface area (Å²) >= 11 is 0. The van der Waals surface area contributed by atoms with Crippen LogP contribution in [0.1, 0.15) is 40.8 Å². The van der Waals surface area contributed by atoms with E-state index in [-0.39, 0.29) is 17.6 Å². The minimum Gasteiger partial charge on any atom is -0.508 e. The minimum atomic E-state index is -0.657. The Morgan fingerprint density at radius 3 is 1.55 bits per heavy atom. The van der Waals surface area contributed by atoms with Gasteiger partial charge in [-0.05, 0) is 42.7 Å². The van der Waals surface area contributed by atoms with E-state index >= 15 is 0 Å². The third-order valence-electron chi connectivity index (χ3n) is 7.37. The van der Waals surface area contributed by atoms with Crippen molar-refractivity contribution in [1.29, 1.82) is 0 Å². The van der Waals surface area contributed by atoms with E-state index in [1.807, 2.05) is 97.9 Å². The van der Waals surface area contributed by atoms with Crippen molar-refractivity contribution in [3.8, 4) is 11.5 Å². The van der Waals surface area contributed by atoms with Gasteiger partial charge in [0, 0.05) is 11.1 Å². The number of hydrogen-bond donors (Lipinski definition) is 2. The van der Waals surface area contributed by atoms with Crippen LogP contribution in [0.25, 0.3) is 0 Å². The summed E-state index contributed by atoms with van der Waals surface area (Å²) in [6.45, 7) is 4.72. The molecule has 1 heterocycles.